The Morgan fingerprint density at radius 1 is 1.09 bits per heavy atom. The van der Waals surface area contributed by atoms with Crippen LogP contribution >= 0.6 is 11.6 Å². The van der Waals surface area contributed by atoms with E-state index in [9.17, 15) is 4.39 Å². The van der Waals surface area contributed by atoms with Crippen LogP contribution in [-0.4, -0.2) is 31.6 Å². The van der Waals surface area contributed by atoms with E-state index in [0.29, 0.717) is 40.0 Å². The van der Waals surface area contributed by atoms with E-state index in [1.54, 1.807) is 12.1 Å². The van der Waals surface area contributed by atoms with Crippen molar-refractivity contribution in [1.82, 2.24) is 19.5 Å². The van der Waals surface area contributed by atoms with Crippen LogP contribution in [0.1, 0.15) is 63.0 Å². The van der Waals surface area contributed by atoms with Crippen molar-refractivity contribution in [3.05, 3.63) is 40.9 Å². The summed E-state index contributed by atoms with van der Waals surface area (Å²) in [6, 6.07) is 5.70. The molecule has 3 aromatic rings. The summed E-state index contributed by atoms with van der Waals surface area (Å²) < 4.78 is 16.5. The third kappa shape index (κ3) is 4.52. The van der Waals surface area contributed by atoms with Gasteiger partial charge in [-0.05, 0) is 50.7 Å². The molecule has 1 aromatic carbocycles. The largest absolute Gasteiger partial charge is 0.364 e. The van der Waals surface area contributed by atoms with Gasteiger partial charge in [0.25, 0.3) is 0 Å². The lowest BCUT2D eigenvalue weighted by atomic mass is 9.92. The molecule has 0 amide bonds. The lowest BCUT2D eigenvalue weighted by molar-refractivity contribution is 0.410. The van der Waals surface area contributed by atoms with Crippen molar-refractivity contribution in [2.24, 2.45) is 5.73 Å². The lowest BCUT2D eigenvalue weighted by Crippen LogP contribution is -2.33. The second-order valence-electron chi connectivity index (χ2n) is 9.00. The van der Waals surface area contributed by atoms with Crippen LogP contribution in [0.3, 0.4) is 0 Å². The van der Waals surface area contributed by atoms with Gasteiger partial charge in [0.05, 0.1) is 6.33 Å². The molecule has 2 saturated carbocycles. The summed E-state index contributed by atoms with van der Waals surface area (Å²) >= 11 is 5.89. The molecule has 0 aliphatic heterocycles. The molecule has 5 rings (SSSR count). The van der Waals surface area contributed by atoms with Gasteiger partial charge in [-0.1, -0.05) is 30.5 Å². The monoisotopic (exact) mass is 457 g/mol. The normalized spacial score (nSPS) is 21.8. The molecule has 2 heterocycles. The molecule has 2 aromatic heterocycles. The quantitative estimate of drug-likeness (QED) is 0.480. The van der Waals surface area contributed by atoms with Crippen molar-refractivity contribution < 1.29 is 4.39 Å². The van der Waals surface area contributed by atoms with Crippen molar-refractivity contribution in [2.75, 3.05) is 10.6 Å². The number of nitrogens with zero attached hydrogens (tertiary/aromatic N) is 4. The molecule has 0 unspecified atom stereocenters. The number of imidazole rings is 1. The Balaban J connectivity index is 1.45. The fraction of sp³-hybridized carbons (Fsp3) is 0.522. The second-order valence-corrected chi connectivity index (χ2v) is 9.44. The van der Waals surface area contributed by atoms with Gasteiger partial charge < -0.3 is 20.9 Å². The molecule has 7 nitrogen and oxygen atoms in total. The molecule has 0 radical (unpaired) electrons. The van der Waals surface area contributed by atoms with E-state index >= 15 is 0 Å². The molecule has 0 atom stereocenters. The molecule has 4 N–H and O–H groups in total. The first kappa shape index (κ1) is 21.4. The predicted octanol–water partition coefficient (Wildman–Crippen LogP) is 5.03. The van der Waals surface area contributed by atoms with E-state index < -0.39 is 0 Å². The maximum absolute atomic E-state index is 14.3. The van der Waals surface area contributed by atoms with Gasteiger partial charge in [0, 0.05) is 35.3 Å². The van der Waals surface area contributed by atoms with Crippen molar-refractivity contribution in [3.8, 4) is 0 Å². The smallest absolute Gasteiger partial charge is 0.227 e. The summed E-state index contributed by atoms with van der Waals surface area (Å²) in [6.07, 6.45) is 10.6. The number of anilines is 2. The van der Waals surface area contributed by atoms with Crippen LogP contribution in [0.15, 0.2) is 24.5 Å². The van der Waals surface area contributed by atoms with E-state index in [0.717, 1.165) is 44.2 Å². The lowest BCUT2D eigenvalue weighted by Gasteiger charge is -2.27. The van der Waals surface area contributed by atoms with Gasteiger partial charge in [0.1, 0.15) is 5.82 Å². The highest BCUT2D eigenvalue weighted by Gasteiger charge is 2.24. The minimum atomic E-state index is -0.344. The van der Waals surface area contributed by atoms with Gasteiger partial charge in [-0.25, -0.2) is 9.37 Å². The van der Waals surface area contributed by atoms with Crippen LogP contribution in [0.4, 0.5) is 16.2 Å². The molecular formula is C23H29ClFN7. The first-order valence-corrected chi connectivity index (χ1v) is 11.9. The zero-order chi connectivity index (χ0) is 22.1. The Kier molecular flexibility index (Phi) is 6.15. The van der Waals surface area contributed by atoms with E-state index in [1.807, 2.05) is 6.33 Å². The molecule has 9 heteroatoms. The van der Waals surface area contributed by atoms with Gasteiger partial charge in [-0.3, -0.25) is 0 Å². The van der Waals surface area contributed by atoms with Crippen LogP contribution in [0, 0.1) is 5.82 Å². The number of hydrogen-bond donors (Lipinski definition) is 3. The summed E-state index contributed by atoms with van der Waals surface area (Å²) in [7, 11) is 0. The van der Waals surface area contributed by atoms with Crippen LogP contribution in [-0.2, 0) is 6.54 Å². The molecule has 2 aliphatic carbocycles. The SMILES string of the molecule is N[C@H]1CC[C@H](Nc2nc(NCc3ccc(Cl)cc3F)c3ncn(C4CCCC4)c3n2)CC1. The number of fused-ring (bicyclic) bond motifs is 1. The number of nitrogens with two attached hydrogens (primary N) is 1. The Morgan fingerprint density at radius 2 is 1.88 bits per heavy atom. The maximum atomic E-state index is 14.3. The van der Waals surface area contributed by atoms with Gasteiger partial charge in [-0.2, -0.15) is 9.97 Å². The van der Waals surface area contributed by atoms with Crippen molar-refractivity contribution in [2.45, 2.75) is 76.0 Å². The van der Waals surface area contributed by atoms with Gasteiger partial charge >= 0.3 is 0 Å². The average Bonchev–Trinajstić information content (AvgIpc) is 3.44. The summed E-state index contributed by atoms with van der Waals surface area (Å²) in [5.41, 5.74) is 8.11. The van der Waals surface area contributed by atoms with Gasteiger partial charge in [-0.15, -0.1) is 0 Å². The third-order valence-corrected chi connectivity index (χ3v) is 6.94. The fourth-order valence-corrected chi connectivity index (χ4v) is 5.00. The molecule has 0 saturated heterocycles. The predicted molar refractivity (Wildman–Crippen MR) is 125 cm³/mol. The number of hydrogen-bond acceptors (Lipinski definition) is 6. The molecule has 2 fully saturated rings. The van der Waals surface area contributed by atoms with Crippen molar-refractivity contribution in [1.29, 1.82) is 0 Å². The highest BCUT2D eigenvalue weighted by atomic mass is 35.5. The highest BCUT2D eigenvalue weighted by molar-refractivity contribution is 6.30. The number of halogens is 2. The minimum absolute atomic E-state index is 0.281. The van der Waals surface area contributed by atoms with E-state index in [1.165, 1.54) is 18.9 Å². The van der Waals surface area contributed by atoms with Crippen LogP contribution in [0.2, 0.25) is 5.02 Å². The molecule has 170 valence electrons. The van der Waals surface area contributed by atoms with Gasteiger partial charge in [0.2, 0.25) is 5.95 Å². The minimum Gasteiger partial charge on any atom is -0.364 e. The number of benzene rings is 1. The zero-order valence-corrected chi connectivity index (χ0v) is 18.8. The van der Waals surface area contributed by atoms with E-state index in [-0.39, 0.29) is 18.4 Å². The molecular weight excluding hydrogens is 429 g/mol. The standard InChI is InChI=1S/C23H29ClFN7/c24-15-6-5-14(19(25)11-15)12-27-21-20-22(32(13-28-20)18-3-1-2-4-18)31-23(30-21)29-17-9-7-16(26)8-10-17/h5-6,11,13,16-18H,1-4,7-10,12,26H2,(H2,27,29,30,31)/t16-,17-. The average molecular weight is 458 g/mol. The molecule has 2 aliphatic rings. The summed E-state index contributed by atoms with van der Waals surface area (Å²) in [4.78, 5) is 14.2. The van der Waals surface area contributed by atoms with Gasteiger partial charge in [0.15, 0.2) is 17.0 Å². The number of aromatic nitrogens is 4. The molecule has 32 heavy (non-hydrogen) atoms. The van der Waals surface area contributed by atoms with E-state index in [4.69, 9.17) is 27.3 Å². The molecule has 0 spiro atoms. The second kappa shape index (κ2) is 9.19. The highest BCUT2D eigenvalue weighted by Crippen LogP contribution is 2.33. The third-order valence-electron chi connectivity index (χ3n) is 6.71. The first-order valence-electron chi connectivity index (χ1n) is 11.5. The van der Waals surface area contributed by atoms with E-state index in [2.05, 4.69) is 20.2 Å². The van der Waals surface area contributed by atoms with Crippen LogP contribution < -0.4 is 16.4 Å². The number of rotatable bonds is 6. The Hall–Kier alpha value is -2.45. The Labute approximate surface area is 192 Å². The summed E-state index contributed by atoms with van der Waals surface area (Å²) in [6.45, 7) is 0.281. The van der Waals surface area contributed by atoms with Crippen LogP contribution in [0.5, 0.6) is 0 Å². The number of nitrogens with one attached hydrogen (secondary N) is 2. The van der Waals surface area contributed by atoms with Crippen molar-refractivity contribution >= 4 is 34.5 Å². The molecule has 0 bridgehead atoms. The van der Waals surface area contributed by atoms with Crippen LogP contribution in [0.25, 0.3) is 11.2 Å². The summed E-state index contributed by atoms with van der Waals surface area (Å²) in [5, 5.41) is 7.17. The van der Waals surface area contributed by atoms with Crippen molar-refractivity contribution in [3.63, 3.8) is 0 Å². The summed E-state index contributed by atoms with van der Waals surface area (Å²) in [5.74, 6) is 0.844. The zero-order valence-electron chi connectivity index (χ0n) is 18.0. The first-order chi connectivity index (χ1) is 15.6. The maximum Gasteiger partial charge on any atom is 0.227 e. The fourth-order valence-electron chi connectivity index (χ4n) is 4.84. The Morgan fingerprint density at radius 3 is 2.62 bits per heavy atom. The Bertz CT molecular complexity index is 1090. The topological polar surface area (TPSA) is 93.7 Å².